The van der Waals surface area contributed by atoms with Crippen molar-refractivity contribution in [2.45, 2.75) is 70.1 Å². The van der Waals surface area contributed by atoms with E-state index >= 15 is 4.39 Å². The van der Waals surface area contributed by atoms with Gasteiger partial charge in [-0.2, -0.15) is 0 Å². The monoisotopic (exact) mass is 506 g/mol. The predicted octanol–water partition coefficient (Wildman–Crippen LogP) is 6.58. The molecule has 1 amide bonds. The molecule has 184 valence electrons. The van der Waals surface area contributed by atoms with Crippen LogP contribution in [0.15, 0.2) is 42.5 Å². The lowest BCUT2D eigenvalue weighted by Crippen LogP contribution is -2.43. The van der Waals surface area contributed by atoms with E-state index in [0.29, 0.717) is 26.1 Å². The Morgan fingerprint density at radius 1 is 1.15 bits per heavy atom. The van der Waals surface area contributed by atoms with E-state index in [9.17, 15) is 4.79 Å². The molecule has 0 aromatic heterocycles. The molecule has 2 aromatic carbocycles. The van der Waals surface area contributed by atoms with Gasteiger partial charge in [0, 0.05) is 24.1 Å². The van der Waals surface area contributed by atoms with E-state index in [1.165, 1.54) is 12.1 Å². The molecule has 2 aromatic rings. The van der Waals surface area contributed by atoms with Gasteiger partial charge in [-0.1, -0.05) is 66.4 Å². The molecule has 3 N–H and O–H groups in total. The van der Waals surface area contributed by atoms with E-state index < -0.39 is 11.9 Å². The fourth-order valence-electron chi connectivity index (χ4n) is 5.66. The van der Waals surface area contributed by atoms with E-state index in [-0.39, 0.29) is 38.9 Å². The van der Waals surface area contributed by atoms with Gasteiger partial charge in [0.25, 0.3) is 0 Å². The molecule has 4 nitrogen and oxygen atoms in total. The summed E-state index contributed by atoms with van der Waals surface area (Å²) < 4.78 is 21.3. The summed E-state index contributed by atoms with van der Waals surface area (Å²) in [5, 5.41) is 3.67. The standard InChI is InChI=1S/C27H33Cl2FN2O2/c28-21-10-11-22(30)23(24(21)29)25(32-26(33)19-8-9-20(31)16-19)27(12-4-5-13-27)14-15-34-17-18-6-2-1-3-7-18/h1-3,6-7,10-11,19-20,25H,4-5,8-9,12-17,31H2,(H,32,33)/t19-,20-,25?/m1/s1. The van der Waals surface area contributed by atoms with Crippen LogP contribution in [0.4, 0.5) is 4.39 Å². The Morgan fingerprint density at radius 2 is 1.88 bits per heavy atom. The summed E-state index contributed by atoms with van der Waals surface area (Å²) in [7, 11) is 0. The van der Waals surface area contributed by atoms with Crippen LogP contribution >= 0.6 is 23.2 Å². The van der Waals surface area contributed by atoms with Gasteiger partial charge in [-0.15, -0.1) is 0 Å². The Kier molecular flexibility index (Phi) is 8.52. The van der Waals surface area contributed by atoms with Crippen molar-refractivity contribution < 1.29 is 13.9 Å². The number of nitrogens with two attached hydrogens (primary N) is 1. The highest BCUT2D eigenvalue weighted by Crippen LogP contribution is 2.52. The number of carbonyl (C=O) groups excluding carboxylic acids is 1. The molecule has 3 atom stereocenters. The lowest BCUT2D eigenvalue weighted by Gasteiger charge is -2.39. The number of nitrogens with one attached hydrogen (secondary N) is 1. The van der Waals surface area contributed by atoms with Crippen molar-refractivity contribution in [1.82, 2.24) is 5.32 Å². The molecule has 0 aliphatic heterocycles. The third kappa shape index (κ3) is 5.76. The van der Waals surface area contributed by atoms with Crippen LogP contribution in [0, 0.1) is 17.2 Å². The largest absolute Gasteiger partial charge is 0.377 e. The van der Waals surface area contributed by atoms with E-state index in [1.807, 2.05) is 30.3 Å². The number of hydrogen-bond acceptors (Lipinski definition) is 3. The third-order valence-corrected chi connectivity index (χ3v) is 8.39. The second-order valence-electron chi connectivity index (χ2n) is 9.83. The summed E-state index contributed by atoms with van der Waals surface area (Å²) in [6, 6.07) is 12.3. The van der Waals surface area contributed by atoms with Gasteiger partial charge < -0.3 is 15.8 Å². The van der Waals surface area contributed by atoms with E-state index in [1.54, 1.807) is 0 Å². The number of halogens is 3. The third-order valence-electron chi connectivity index (χ3n) is 7.57. The first-order valence-corrected chi connectivity index (χ1v) is 13.0. The zero-order valence-corrected chi connectivity index (χ0v) is 20.9. The summed E-state index contributed by atoms with van der Waals surface area (Å²) in [6.07, 6.45) is 6.66. The molecule has 2 saturated carbocycles. The maximum atomic E-state index is 15.3. The highest BCUT2D eigenvalue weighted by molar-refractivity contribution is 6.42. The van der Waals surface area contributed by atoms with Gasteiger partial charge in [0.1, 0.15) is 5.82 Å². The van der Waals surface area contributed by atoms with Crippen LogP contribution in [0.1, 0.15) is 68.5 Å². The van der Waals surface area contributed by atoms with Crippen molar-refractivity contribution in [2.24, 2.45) is 17.1 Å². The Bertz CT molecular complexity index is 982. The highest BCUT2D eigenvalue weighted by atomic mass is 35.5. The van der Waals surface area contributed by atoms with Crippen molar-refractivity contribution in [3.8, 4) is 0 Å². The van der Waals surface area contributed by atoms with Gasteiger partial charge in [-0.25, -0.2) is 4.39 Å². The lowest BCUT2D eigenvalue weighted by molar-refractivity contribution is -0.126. The molecule has 0 heterocycles. The molecular formula is C27H33Cl2FN2O2. The summed E-state index contributed by atoms with van der Waals surface area (Å²) in [6.45, 7) is 1.02. The Hall–Kier alpha value is -1.66. The molecule has 2 aliphatic rings. The SMILES string of the molecule is N[C@@H]1CC[C@@H](C(=O)NC(c2c(F)ccc(Cl)c2Cl)C2(CCOCc3ccccc3)CCCC2)C1. The Morgan fingerprint density at radius 3 is 2.56 bits per heavy atom. The molecule has 0 bridgehead atoms. The van der Waals surface area contributed by atoms with Gasteiger partial charge in [-0.05, 0) is 61.6 Å². The quantitative estimate of drug-likeness (QED) is 0.298. The molecule has 0 radical (unpaired) electrons. The number of hydrogen-bond donors (Lipinski definition) is 2. The second-order valence-corrected chi connectivity index (χ2v) is 10.6. The molecule has 34 heavy (non-hydrogen) atoms. The van der Waals surface area contributed by atoms with Gasteiger partial charge in [0.05, 0.1) is 22.7 Å². The fraction of sp³-hybridized carbons (Fsp3) is 0.519. The van der Waals surface area contributed by atoms with Crippen molar-refractivity contribution in [2.75, 3.05) is 6.61 Å². The minimum absolute atomic E-state index is 0.0347. The normalized spacial score (nSPS) is 22.6. The summed E-state index contributed by atoms with van der Waals surface area (Å²) in [5.41, 5.74) is 7.09. The number of ether oxygens (including phenoxy) is 1. The molecule has 0 spiro atoms. The summed E-state index contributed by atoms with van der Waals surface area (Å²) in [5.74, 6) is -0.685. The van der Waals surface area contributed by atoms with E-state index in [0.717, 1.165) is 44.1 Å². The smallest absolute Gasteiger partial charge is 0.223 e. The first-order chi connectivity index (χ1) is 16.4. The molecule has 7 heteroatoms. The summed E-state index contributed by atoms with van der Waals surface area (Å²) >= 11 is 12.9. The number of rotatable bonds is 9. The predicted molar refractivity (Wildman–Crippen MR) is 134 cm³/mol. The summed E-state index contributed by atoms with van der Waals surface area (Å²) in [4.78, 5) is 13.3. The maximum absolute atomic E-state index is 15.3. The first-order valence-electron chi connectivity index (χ1n) is 12.2. The van der Waals surface area contributed by atoms with E-state index in [2.05, 4.69) is 5.32 Å². The number of amides is 1. The maximum Gasteiger partial charge on any atom is 0.223 e. The number of benzene rings is 2. The van der Waals surface area contributed by atoms with Crippen molar-refractivity contribution in [3.63, 3.8) is 0 Å². The fourth-order valence-corrected chi connectivity index (χ4v) is 6.08. The van der Waals surface area contributed by atoms with Gasteiger partial charge >= 0.3 is 0 Å². The highest BCUT2D eigenvalue weighted by Gasteiger charge is 2.45. The van der Waals surface area contributed by atoms with E-state index in [4.69, 9.17) is 33.7 Å². The lowest BCUT2D eigenvalue weighted by atomic mass is 9.72. The van der Waals surface area contributed by atoms with Gasteiger partial charge in [0.2, 0.25) is 5.91 Å². The molecule has 2 aliphatic carbocycles. The van der Waals surface area contributed by atoms with Crippen LogP contribution in [0.25, 0.3) is 0 Å². The van der Waals surface area contributed by atoms with Crippen LogP contribution in [-0.4, -0.2) is 18.6 Å². The molecule has 2 fully saturated rings. The number of carbonyl (C=O) groups is 1. The van der Waals surface area contributed by atoms with Crippen molar-refractivity contribution in [3.05, 3.63) is 69.5 Å². The Labute approximate surface area is 211 Å². The van der Waals surface area contributed by atoms with Crippen LogP contribution in [-0.2, 0) is 16.1 Å². The molecule has 0 saturated heterocycles. The van der Waals surface area contributed by atoms with Crippen LogP contribution < -0.4 is 11.1 Å². The minimum atomic E-state index is -0.578. The second kappa shape index (κ2) is 11.4. The molecular weight excluding hydrogens is 474 g/mol. The average molecular weight is 507 g/mol. The minimum Gasteiger partial charge on any atom is -0.377 e. The van der Waals surface area contributed by atoms with Crippen molar-refractivity contribution in [1.29, 1.82) is 0 Å². The molecule has 1 unspecified atom stereocenters. The zero-order chi connectivity index (χ0) is 24.1. The first kappa shape index (κ1) is 25.4. The van der Waals surface area contributed by atoms with Gasteiger partial charge in [-0.3, -0.25) is 4.79 Å². The van der Waals surface area contributed by atoms with Crippen LogP contribution in [0.3, 0.4) is 0 Å². The van der Waals surface area contributed by atoms with Crippen LogP contribution in [0.2, 0.25) is 10.0 Å². The van der Waals surface area contributed by atoms with Crippen molar-refractivity contribution >= 4 is 29.1 Å². The molecule has 4 rings (SSSR count). The Balaban J connectivity index is 1.58. The van der Waals surface area contributed by atoms with Gasteiger partial charge in [0.15, 0.2) is 0 Å². The van der Waals surface area contributed by atoms with Crippen LogP contribution in [0.5, 0.6) is 0 Å². The topological polar surface area (TPSA) is 64.4 Å². The average Bonchev–Trinajstić information content (AvgIpc) is 3.49. The zero-order valence-electron chi connectivity index (χ0n) is 19.4.